The minimum absolute atomic E-state index is 0.0595. The van der Waals surface area contributed by atoms with E-state index in [1.165, 1.54) is 27.8 Å². The summed E-state index contributed by atoms with van der Waals surface area (Å²) in [6.45, 7) is 6.27. The first-order chi connectivity index (χ1) is 32.0. The Kier molecular flexibility index (Phi) is 12.1. The van der Waals surface area contributed by atoms with Gasteiger partial charge in [-0.15, -0.1) is 0 Å². The van der Waals surface area contributed by atoms with Crippen LogP contribution in [0.4, 0.5) is 4.79 Å². The summed E-state index contributed by atoms with van der Waals surface area (Å²) in [6, 6.07) is 38.0. The highest BCUT2D eigenvalue weighted by Crippen LogP contribution is 2.45. The number of carbonyl (C=O) groups is 4. The van der Waals surface area contributed by atoms with Gasteiger partial charge < -0.3 is 25.6 Å². The number of benzene rings is 5. The second kappa shape index (κ2) is 18.2. The molecular weight excluding hydrogens is 821 g/mol. The van der Waals surface area contributed by atoms with Crippen LogP contribution in [-0.2, 0) is 44.8 Å². The Morgan fingerprint density at radius 1 is 0.652 bits per heavy atom. The van der Waals surface area contributed by atoms with Gasteiger partial charge in [-0.05, 0) is 131 Å². The average Bonchev–Trinajstić information content (AvgIpc) is 3.92. The quantitative estimate of drug-likeness (QED) is 0.136. The van der Waals surface area contributed by atoms with Crippen LogP contribution in [0, 0.1) is 11.3 Å². The van der Waals surface area contributed by atoms with Crippen molar-refractivity contribution in [3.05, 3.63) is 165 Å². The molecule has 0 spiro atoms. The molecule has 6 atom stereocenters. The highest BCUT2D eigenvalue weighted by Gasteiger charge is 2.46. The van der Waals surface area contributed by atoms with E-state index in [0.29, 0.717) is 19.4 Å². The van der Waals surface area contributed by atoms with Gasteiger partial charge in [0.1, 0.15) is 18.7 Å². The van der Waals surface area contributed by atoms with Crippen LogP contribution in [0.15, 0.2) is 115 Å². The van der Waals surface area contributed by atoms with Crippen LogP contribution in [0.25, 0.3) is 11.1 Å². The largest absolute Gasteiger partial charge is 0.449 e. The minimum Gasteiger partial charge on any atom is -0.449 e. The molecule has 9 heteroatoms. The smallest absolute Gasteiger partial charge is 0.407 e. The third kappa shape index (κ3) is 8.65. The van der Waals surface area contributed by atoms with Crippen LogP contribution in [0.1, 0.15) is 133 Å². The number of hydrogen-bond acceptors (Lipinski definition) is 5. The normalized spacial score (nSPS) is 22.4. The lowest BCUT2D eigenvalue weighted by Gasteiger charge is -2.36. The fraction of sp³-hybridized carbons (Fsp3) is 0.404. The van der Waals surface area contributed by atoms with Crippen LogP contribution in [0.3, 0.4) is 0 Å². The summed E-state index contributed by atoms with van der Waals surface area (Å²) in [5, 5.41) is 9.77. The molecular formula is C57H62N4O5. The fourth-order valence-corrected chi connectivity index (χ4v) is 11.8. The van der Waals surface area contributed by atoms with E-state index >= 15 is 4.79 Å². The molecule has 5 aromatic rings. The molecule has 5 aliphatic rings. The number of likely N-dealkylation sites (tertiary alicyclic amines) is 1. The number of fused-ring (bicyclic) bond motifs is 6. The van der Waals surface area contributed by atoms with Gasteiger partial charge >= 0.3 is 6.09 Å². The molecule has 0 bridgehead atoms. The fourth-order valence-electron chi connectivity index (χ4n) is 11.8. The van der Waals surface area contributed by atoms with E-state index in [4.69, 9.17) is 4.74 Å². The van der Waals surface area contributed by atoms with Gasteiger partial charge in [0.15, 0.2) is 0 Å². The van der Waals surface area contributed by atoms with Crippen LogP contribution in [0.5, 0.6) is 0 Å². The summed E-state index contributed by atoms with van der Waals surface area (Å²) in [5.74, 6) is -0.650. The SMILES string of the molecule is CC(C)(C)[C@H](NC(=O)OCC1c2ccccc2-c2ccccc21)C(=O)N1CC(c2ccc3c(c2)CC[C@H](C(=O)NC2CCCc4ccccc42)C3)C[C@H]1C(=O)NC1CCCc2ccccc21. The number of aryl methyl sites for hydroxylation is 3. The van der Waals surface area contributed by atoms with Gasteiger partial charge in [0, 0.05) is 24.3 Å². The lowest BCUT2D eigenvalue weighted by molar-refractivity contribution is -0.142. The highest BCUT2D eigenvalue weighted by molar-refractivity contribution is 5.93. The zero-order valence-electron chi connectivity index (χ0n) is 38.5. The predicted molar refractivity (Wildman–Crippen MR) is 257 cm³/mol. The van der Waals surface area contributed by atoms with Gasteiger partial charge in [-0.3, -0.25) is 14.4 Å². The summed E-state index contributed by atoms with van der Waals surface area (Å²) in [5.41, 5.74) is 12.3. The maximum Gasteiger partial charge on any atom is 0.407 e. The molecule has 3 N–H and O–H groups in total. The van der Waals surface area contributed by atoms with Gasteiger partial charge in [0.2, 0.25) is 17.7 Å². The van der Waals surface area contributed by atoms with Crippen molar-refractivity contribution in [2.45, 2.75) is 121 Å². The van der Waals surface area contributed by atoms with E-state index in [1.54, 1.807) is 4.90 Å². The number of nitrogens with zero attached hydrogens (tertiary/aromatic N) is 1. The van der Waals surface area contributed by atoms with Crippen LogP contribution in [-0.4, -0.2) is 54.0 Å². The van der Waals surface area contributed by atoms with Crippen molar-refractivity contribution < 1.29 is 23.9 Å². The number of nitrogens with one attached hydrogen (secondary N) is 3. The third-order valence-electron chi connectivity index (χ3n) is 15.3. The second-order valence-electron chi connectivity index (χ2n) is 20.5. The number of rotatable bonds is 9. The molecule has 4 aliphatic carbocycles. The molecule has 0 radical (unpaired) electrons. The third-order valence-corrected chi connectivity index (χ3v) is 15.3. The molecule has 0 aromatic heterocycles. The van der Waals surface area contributed by atoms with Crippen LogP contribution in [0.2, 0.25) is 0 Å². The predicted octanol–water partition coefficient (Wildman–Crippen LogP) is 9.82. The summed E-state index contributed by atoms with van der Waals surface area (Å²) >= 11 is 0. The Labute approximate surface area is 389 Å². The molecule has 340 valence electrons. The number of amides is 4. The molecule has 9 nitrogen and oxygen atoms in total. The van der Waals surface area contributed by atoms with Crippen molar-refractivity contribution in [2.24, 2.45) is 11.3 Å². The van der Waals surface area contributed by atoms with Crippen molar-refractivity contribution in [2.75, 3.05) is 13.2 Å². The Hall–Kier alpha value is -6.22. The van der Waals surface area contributed by atoms with E-state index in [2.05, 4.69) is 94.8 Å². The lowest BCUT2D eigenvalue weighted by Crippen LogP contribution is -2.58. The highest BCUT2D eigenvalue weighted by atomic mass is 16.5. The van der Waals surface area contributed by atoms with Crippen LogP contribution >= 0.6 is 0 Å². The maximum absolute atomic E-state index is 15.1. The molecule has 1 fully saturated rings. The van der Waals surface area contributed by atoms with Crippen molar-refractivity contribution in [1.29, 1.82) is 0 Å². The van der Waals surface area contributed by atoms with E-state index < -0.39 is 23.6 Å². The van der Waals surface area contributed by atoms with Crippen molar-refractivity contribution in [1.82, 2.24) is 20.9 Å². The molecule has 1 saturated heterocycles. The second-order valence-corrected chi connectivity index (χ2v) is 20.5. The van der Waals surface area contributed by atoms with Gasteiger partial charge in [0.25, 0.3) is 0 Å². The number of carbonyl (C=O) groups excluding carboxylic acids is 4. The standard InChI is InChI=1S/C57H62N4O5/c1-57(2,3)52(60-56(65)66-34-48-46-22-10-8-20-44(46)45-21-9-11-23-47(45)48)55(64)61-33-41(32-51(61)54(63)59-50-25-13-17-36-15-5-7-19-43(36)50)39-27-26-38-31-40(29-28-37(38)30-39)53(62)58-49-24-12-16-35-14-4-6-18-42(35)49/h4-11,14-15,18-23,26-27,30,40-41,48-52H,12-13,16-17,24-25,28-29,31-34H2,1-3H3,(H,58,62)(H,59,63)(H,60,65)/t40-,41?,49?,50?,51-,52+/m0/s1. The zero-order chi connectivity index (χ0) is 45.5. The lowest BCUT2D eigenvalue weighted by atomic mass is 9.80. The van der Waals surface area contributed by atoms with E-state index in [1.807, 2.05) is 57.2 Å². The Morgan fingerprint density at radius 3 is 1.85 bits per heavy atom. The Balaban J connectivity index is 0.863. The maximum atomic E-state index is 15.1. The Bertz CT molecular complexity index is 2620. The number of ether oxygens (including phenoxy) is 1. The molecule has 5 aromatic carbocycles. The monoisotopic (exact) mass is 882 g/mol. The first-order valence-electron chi connectivity index (χ1n) is 24.3. The topological polar surface area (TPSA) is 117 Å². The molecule has 10 rings (SSSR count). The Morgan fingerprint density at radius 2 is 1.23 bits per heavy atom. The van der Waals surface area contributed by atoms with Crippen molar-refractivity contribution in [3.63, 3.8) is 0 Å². The molecule has 66 heavy (non-hydrogen) atoms. The van der Waals surface area contributed by atoms with Crippen molar-refractivity contribution in [3.8, 4) is 11.1 Å². The number of alkyl carbamates (subject to hydrolysis) is 1. The first-order valence-corrected chi connectivity index (χ1v) is 24.3. The summed E-state index contributed by atoms with van der Waals surface area (Å²) in [4.78, 5) is 59.0. The molecule has 0 saturated carbocycles. The van der Waals surface area contributed by atoms with E-state index in [0.717, 1.165) is 84.7 Å². The molecule has 4 amide bonds. The molecule has 3 unspecified atom stereocenters. The zero-order valence-corrected chi connectivity index (χ0v) is 38.5. The first kappa shape index (κ1) is 43.7. The van der Waals surface area contributed by atoms with E-state index in [9.17, 15) is 14.4 Å². The van der Waals surface area contributed by atoms with E-state index in [-0.39, 0.29) is 54.2 Å². The van der Waals surface area contributed by atoms with Crippen LogP contribution < -0.4 is 16.0 Å². The van der Waals surface area contributed by atoms with Crippen molar-refractivity contribution >= 4 is 23.8 Å². The minimum atomic E-state index is -0.952. The van der Waals surface area contributed by atoms with Gasteiger partial charge in [0.05, 0.1) is 12.1 Å². The summed E-state index contributed by atoms with van der Waals surface area (Å²) < 4.78 is 5.98. The summed E-state index contributed by atoms with van der Waals surface area (Å²) in [6.07, 6.45) is 7.93. The average molecular weight is 883 g/mol. The number of hydrogen-bond donors (Lipinski definition) is 3. The molecule has 1 aliphatic heterocycles. The van der Waals surface area contributed by atoms with Gasteiger partial charge in [-0.25, -0.2) is 4.79 Å². The molecule has 1 heterocycles. The van der Waals surface area contributed by atoms with Gasteiger partial charge in [-0.1, -0.05) is 136 Å². The van der Waals surface area contributed by atoms with Gasteiger partial charge in [-0.2, -0.15) is 0 Å². The summed E-state index contributed by atoms with van der Waals surface area (Å²) in [7, 11) is 0.